The number of fused-ring (bicyclic) bond motifs is 5. The van der Waals surface area contributed by atoms with E-state index in [0.29, 0.717) is 42.0 Å². The molecule has 372 valence electrons. The van der Waals surface area contributed by atoms with E-state index in [9.17, 15) is 9.90 Å². The van der Waals surface area contributed by atoms with Crippen LogP contribution in [0.2, 0.25) is 0 Å². The fourth-order valence-corrected chi connectivity index (χ4v) is 13.8. The second kappa shape index (κ2) is 25.2. The van der Waals surface area contributed by atoms with E-state index in [1.807, 2.05) is 0 Å². The number of aliphatic hydroxyl groups is 1. The first kappa shape index (κ1) is 54.1. The molecule has 0 saturated carbocycles. The molecule has 0 saturated heterocycles. The van der Waals surface area contributed by atoms with Gasteiger partial charge in [-0.1, -0.05) is 204 Å². The number of ketones is 1. The van der Waals surface area contributed by atoms with Gasteiger partial charge >= 0.3 is 0 Å². The number of carbonyl (C=O) groups is 1. The smallest absolute Gasteiger partial charge is 0.133 e. The number of Topliss-reactive ketones (excluding diaryl/α,β-unsaturated/α-hetero) is 1. The molecule has 0 fully saturated rings. The molecule has 5 aromatic carbocycles. The Hall–Kier alpha value is -4.27. The summed E-state index contributed by atoms with van der Waals surface area (Å²) < 4.78 is 0. The molecule has 10 rings (SSSR count). The lowest BCUT2D eigenvalue weighted by Gasteiger charge is -2.34. The maximum absolute atomic E-state index is 11.6. The van der Waals surface area contributed by atoms with Crippen LogP contribution < -0.4 is 0 Å². The molecule has 5 aliphatic rings. The zero-order valence-corrected chi connectivity index (χ0v) is 45.3. The highest BCUT2D eigenvalue weighted by molar-refractivity contribution is 5.81. The number of rotatable bonds is 7. The van der Waals surface area contributed by atoms with Gasteiger partial charge in [0.1, 0.15) is 5.78 Å². The minimum atomic E-state index is 0.211. The molecule has 0 aromatic heterocycles. The number of aryl methyl sites for hydroxylation is 2. The van der Waals surface area contributed by atoms with Crippen LogP contribution in [0.1, 0.15) is 194 Å². The summed E-state index contributed by atoms with van der Waals surface area (Å²) in [4.78, 5) is 11.6. The van der Waals surface area contributed by atoms with E-state index in [4.69, 9.17) is 0 Å². The first-order valence-corrected chi connectivity index (χ1v) is 27.5. The summed E-state index contributed by atoms with van der Waals surface area (Å²) in [5.74, 6) is 9.56. The van der Waals surface area contributed by atoms with Crippen molar-refractivity contribution in [3.63, 3.8) is 0 Å². The van der Waals surface area contributed by atoms with E-state index in [1.54, 1.807) is 40.3 Å². The van der Waals surface area contributed by atoms with Crippen LogP contribution in [0.5, 0.6) is 0 Å². The van der Waals surface area contributed by atoms with E-state index in [0.717, 1.165) is 60.2 Å². The number of benzene rings is 5. The summed E-state index contributed by atoms with van der Waals surface area (Å²) in [5.41, 5.74) is 15.2. The zero-order chi connectivity index (χ0) is 49.9. The second-order valence-electron chi connectivity index (χ2n) is 23.6. The maximum Gasteiger partial charge on any atom is 0.133 e. The fraction of sp³-hybridized carbons (Fsp3) is 0.537. The van der Waals surface area contributed by atoms with Gasteiger partial charge in [-0.3, -0.25) is 4.79 Å². The van der Waals surface area contributed by atoms with Gasteiger partial charge in [-0.2, -0.15) is 0 Å². The van der Waals surface area contributed by atoms with Crippen LogP contribution in [0.15, 0.2) is 121 Å². The van der Waals surface area contributed by atoms with E-state index in [-0.39, 0.29) is 5.92 Å². The molecule has 0 aliphatic heterocycles. The summed E-state index contributed by atoms with van der Waals surface area (Å²) in [7, 11) is 0. The van der Waals surface area contributed by atoms with Gasteiger partial charge in [0.05, 0.1) is 6.61 Å². The average Bonchev–Trinajstić information content (AvgIpc) is 4.03. The third-order valence-corrected chi connectivity index (χ3v) is 17.1. The fourth-order valence-electron chi connectivity index (χ4n) is 13.8. The van der Waals surface area contributed by atoms with Crippen LogP contribution in [-0.4, -0.2) is 17.5 Å². The molecule has 0 amide bonds. The molecule has 69 heavy (non-hydrogen) atoms. The minimum Gasteiger partial charge on any atom is -0.396 e. The highest BCUT2D eigenvalue weighted by Gasteiger charge is 2.37. The normalized spacial score (nSPS) is 24.8. The van der Waals surface area contributed by atoms with Crippen molar-refractivity contribution in [1.29, 1.82) is 0 Å². The van der Waals surface area contributed by atoms with Crippen molar-refractivity contribution in [3.8, 4) is 0 Å². The summed E-state index contributed by atoms with van der Waals surface area (Å²) in [6, 6.07) is 43.9. The molecular weight excluding hydrogens is 837 g/mol. The lowest BCUT2D eigenvalue weighted by molar-refractivity contribution is -0.121. The van der Waals surface area contributed by atoms with E-state index in [2.05, 4.69) is 204 Å². The molecule has 1 N–H and O–H groups in total. The minimum absolute atomic E-state index is 0.211. The lowest BCUT2D eigenvalue weighted by atomic mass is 9.71. The van der Waals surface area contributed by atoms with Gasteiger partial charge < -0.3 is 5.11 Å². The predicted octanol–water partition coefficient (Wildman–Crippen LogP) is 17.2. The highest BCUT2D eigenvalue weighted by Crippen LogP contribution is 2.45. The molecule has 0 radical (unpaired) electrons. The van der Waals surface area contributed by atoms with Gasteiger partial charge in [0.25, 0.3) is 0 Å². The van der Waals surface area contributed by atoms with Crippen LogP contribution in [0.4, 0.5) is 0 Å². The monoisotopic (exact) mass is 929 g/mol. The molecule has 0 heterocycles. The Labute approximate surface area is 421 Å². The Bertz CT molecular complexity index is 2360. The summed E-state index contributed by atoms with van der Waals surface area (Å²) in [6.45, 7) is 29.8. The molecule has 2 heteroatoms. The van der Waals surface area contributed by atoms with E-state index < -0.39 is 0 Å². The number of hydrogen-bond donors (Lipinski definition) is 1. The van der Waals surface area contributed by atoms with Gasteiger partial charge in [-0.15, -0.1) is 0 Å². The summed E-state index contributed by atoms with van der Waals surface area (Å²) in [6.07, 6.45) is 10.0. The molecule has 0 spiro atoms. The van der Waals surface area contributed by atoms with Crippen molar-refractivity contribution in [1.82, 2.24) is 0 Å². The van der Waals surface area contributed by atoms with E-state index >= 15 is 0 Å². The number of hydrogen-bond acceptors (Lipinski definition) is 2. The summed E-state index contributed by atoms with van der Waals surface area (Å²) in [5, 5.41) is 9.43. The number of aliphatic hydroxyl groups excluding tert-OH is 1. The molecule has 5 aromatic rings. The lowest BCUT2D eigenvalue weighted by Crippen LogP contribution is -2.22. The quantitative estimate of drug-likeness (QED) is 0.177. The van der Waals surface area contributed by atoms with Crippen LogP contribution in [0.25, 0.3) is 0 Å². The molecule has 9 atom stereocenters. The SMILES string of the molecule is CC(=O)[C@H]1Cc2ccccc2C1C(C)C.CC(C)C1c2ccccc2C[C@@H]1C.CC(C)[C@@H]1c2ccccc2CC[C@@H]1C.CC(C)[C@H]1CCCc2ccccc21.CC(C)[C@H]1Cc2ccccc2[C@H]1CO. The van der Waals surface area contributed by atoms with Crippen molar-refractivity contribution in [2.45, 2.75) is 171 Å². The standard InChI is InChI=1S/C14H18O.C14H20.C13H18O.2C13H18/c1-9(2)14-12-7-5-4-6-11(12)8-13(14)10(3)15;1-10(2)14-11(3)8-9-12-6-4-5-7-13(12)14;1-9(2)12-7-10-5-3-4-6-11(10)13(12)8-14;1-9(2)13-10(3)8-11-6-4-5-7-12(11)13;1-10(2)12-9-5-7-11-6-3-4-8-13(11)12/h4-7,9,13-14H,8H2,1-3H3;4-7,10-11,14H,8-9H2,1-3H3;3-6,9,12-14H,7-8H2,1-2H3;4-7,9-10,13H,8H2,1-3H3;3-4,6,8,10,12H,5,7,9H2,1-2H3/t13-,14?;11-,14-;12-,13-;10-,13?;12-/m10101/s1. The Morgan fingerprint density at radius 1 is 0.464 bits per heavy atom. The van der Waals surface area contributed by atoms with Crippen molar-refractivity contribution in [3.05, 3.63) is 177 Å². The largest absolute Gasteiger partial charge is 0.396 e. The maximum atomic E-state index is 11.6. The Morgan fingerprint density at radius 3 is 1.38 bits per heavy atom. The van der Waals surface area contributed by atoms with Crippen LogP contribution in [0, 0.1) is 53.3 Å². The average molecular weight is 929 g/mol. The first-order chi connectivity index (χ1) is 33.0. The van der Waals surface area contributed by atoms with Crippen molar-refractivity contribution < 1.29 is 9.90 Å². The second-order valence-corrected chi connectivity index (χ2v) is 23.6. The zero-order valence-electron chi connectivity index (χ0n) is 45.3. The molecule has 2 nitrogen and oxygen atoms in total. The molecular formula is C67H92O2. The van der Waals surface area contributed by atoms with Gasteiger partial charge in [0.15, 0.2) is 0 Å². The Balaban J connectivity index is 0.000000142. The molecule has 2 unspecified atom stereocenters. The topological polar surface area (TPSA) is 37.3 Å². The highest BCUT2D eigenvalue weighted by atomic mass is 16.3. The summed E-state index contributed by atoms with van der Waals surface area (Å²) >= 11 is 0. The number of carbonyl (C=O) groups excluding carboxylic acids is 1. The van der Waals surface area contributed by atoms with Gasteiger partial charge in [0.2, 0.25) is 0 Å². The Morgan fingerprint density at radius 2 is 0.884 bits per heavy atom. The van der Waals surface area contributed by atoms with Crippen LogP contribution in [-0.2, 0) is 36.9 Å². The van der Waals surface area contributed by atoms with Crippen LogP contribution >= 0.6 is 0 Å². The third kappa shape index (κ3) is 13.2. The van der Waals surface area contributed by atoms with Crippen LogP contribution in [0.3, 0.4) is 0 Å². The first-order valence-electron chi connectivity index (χ1n) is 27.5. The predicted molar refractivity (Wildman–Crippen MR) is 296 cm³/mol. The van der Waals surface area contributed by atoms with Gasteiger partial charge in [-0.05, 0) is 185 Å². The van der Waals surface area contributed by atoms with Gasteiger partial charge in [-0.25, -0.2) is 0 Å². The van der Waals surface area contributed by atoms with Crippen molar-refractivity contribution in [2.24, 2.45) is 53.3 Å². The third-order valence-electron chi connectivity index (χ3n) is 17.1. The van der Waals surface area contributed by atoms with Crippen molar-refractivity contribution >= 4 is 5.78 Å². The molecule has 0 bridgehead atoms. The molecule has 5 aliphatic carbocycles. The van der Waals surface area contributed by atoms with Gasteiger partial charge in [0, 0.05) is 11.8 Å². The Kier molecular flexibility index (Phi) is 19.8. The van der Waals surface area contributed by atoms with Crippen molar-refractivity contribution in [2.75, 3.05) is 6.61 Å². The van der Waals surface area contributed by atoms with E-state index in [1.165, 1.54) is 60.8 Å².